The molecule has 0 heterocycles. The van der Waals surface area contributed by atoms with E-state index < -0.39 is 5.82 Å². The highest BCUT2D eigenvalue weighted by Crippen LogP contribution is 2.20. The molecular formula is C9H10ClFN. The van der Waals surface area contributed by atoms with Crippen LogP contribution in [0.2, 0.25) is 5.02 Å². The normalized spacial score (nSPS) is 13.0. The molecule has 0 amide bonds. The molecule has 0 aromatic heterocycles. The molecule has 1 aromatic carbocycles. The average molecular weight is 187 g/mol. The largest absolute Gasteiger partial charge is 0.324 e. The van der Waals surface area contributed by atoms with Crippen LogP contribution in [0.15, 0.2) is 18.2 Å². The van der Waals surface area contributed by atoms with Crippen molar-refractivity contribution in [1.29, 1.82) is 0 Å². The lowest BCUT2D eigenvalue weighted by Crippen LogP contribution is -2.08. The number of hydrogen-bond acceptors (Lipinski definition) is 1. The van der Waals surface area contributed by atoms with Gasteiger partial charge in [-0.2, -0.15) is 0 Å². The fourth-order valence-corrected chi connectivity index (χ4v) is 1.03. The number of hydrogen-bond donors (Lipinski definition) is 1. The van der Waals surface area contributed by atoms with Crippen LogP contribution in [0, 0.1) is 12.7 Å². The molecule has 2 N–H and O–H groups in total. The summed E-state index contributed by atoms with van der Waals surface area (Å²) in [4.78, 5) is 0. The Morgan fingerprint density at radius 3 is 2.75 bits per heavy atom. The molecule has 1 radical (unpaired) electrons. The van der Waals surface area contributed by atoms with Crippen LogP contribution in [0.4, 0.5) is 4.39 Å². The van der Waals surface area contributed by atoms with Crippen LogP contribution in [-0.2, 0) is 0 Å². The molecule has 1 aromatic rings. The van der Waals surface area contributed by atoms with Crippen LogP contribution in [0.1, 0.15) is 18.0 Å². The van der Waals surface area contributed by atoms with Crippen molar-refractivity contribution in [3.63, 3.8) is 0 Å². The number of halogens is 2. The first-order valence-electron chi connectivity index (χ1n) is 3.65. The minimum atomic E-state index is -0.432. The van der Waals surface area contributed by atoms with Gasteiger partial charge in [0.25, 0.3) is 0 Å². The Bertz CT molecular complexity index is 275. The molecule has 3 heteroatoms. The second-order valence-electron chi connectivity index (χ2n) is 2.57. The van der Waals surface area contributed by atoms with Crippen molar-refractivity contribution in [3.8, 4) is 0 Å². The lowest BCUT2D eigenvalue weighted by Gasteiger charge is -2.08. The Morgan fingerprint density at radius 2 is 2.25 bits per heavy atom. The van der Waals surface area contributed by atoms with Crippen molar-refractivity contribution in [2.24, 2.45) is 5.73 Å². The smallest absolute Gasteiger partial charge is 0.142 e. The van der Waals surface area contributed by atoms with Crippen molar-refractivity contribution in [1.82, 2.24) is 0 Å². The summed E-state index contributed by atoms with van der Waals surface area (Å²) in [5, 5.41) is 0.120. The van der Waals surface area contributed by atoms with Crippen LogP contribution >= 0.6 is 11.6 Å². The molecule has 0 spiro atoms. The SMILES string of the molecule is [CH2]CC(N)c1ccc(Cl)c(F)c1. The molecule has 1 atom stereocenters. The minimum absolute atomic E-state index is 0.120. The highest BCUT2D eigenvalue weighted by atomic mass is 35.5. The Morgan fingerprint density at radius 1 is 1.58 bits per heavy atom. The van der Waals surface area contributed by atoms with E-state index in [4.69, 9.17) is 17.3 Å². The van der Waals surface area contributed by atoms with Crippen molar-refractivity contribution in [2.75, 3.05) is 0 Å². The number of benzene rings is 1. The van der Waals surface area contributed by atoms with Crippen LogP contribution in [0.25, 0.3) is 0 Å². The van der Waals surface area contributed by atoms with E-state index in [0.717, 1.165) is 5.56 Å². The van der Waals surface area contributed by atoms with Gasteiger partial charge in [0, 0.05) is 6.04 Å². The van der Waals surface area contributed by atoms with Crippen LogP contribution in [-0.4, -0.2) is 0 Å². The molecule has 12 heavy (non-hydrogen) atoms. The Kier molecular flexibility index (Phi) is 3.06. The van der Waals surface area contributed by atoms with Gasteiger partial charge in [0.05, 0.1) is 5.02 Å². The van der Waals surface area contributed by atoms with Gasteiger partial charge < -0.3 is 5.73 Å². The first-order chi connectivity index (χ1) is 5.65. The summed E-state index contributed by atoms with van der Waals surface area (Å²) in [6.07, 6.45) is 0.543. The zero-order valence-electron chi connectivity index (χ0n) is 6.56. The van der Waals surface area contributed by atoms with Gasteiger partial charge in [-0.15, -0.1) is 0 Å². The van der Waals surface area contributed by atoms with E-state index in [9.17, 15) is 4.39 Å². The van der Waals surface area contributed by atoms with Gasteiger partial charge in [-0.25, -0.2) is 4.39 Å². The standard InChI is InChI=1S/C9H10ClFN/c1-2-9(12)6-3-4-7(10)8(11)5-6/h3-5,9H,1-2,12H2. The van der Waals surface area contributed by atoms with Crippen LogP contribution < -0.4 is 5.73 Å². The van der Waals surface area contributed by atoms with Gasteiger partial charge in [0.1, 0.15) is 5.82 Å². The maximum atomic E-state index is 12.9. The second kappa shape index (κ2) is 3.87. The number of nitrogens with two attached hydrogens (primary N) is 1. The minimum Gasteiger partial charge on any atom is -0.324 e. The third-order valence-electron chi connectivity index (χ3n) is 1.68. The summed E-state index contributed by atoms with van der Waals surface area (Å²) in [6, 6.07) is 4.35. The molecule has 0 aliphatic rings. The van der Waals surface area contributed by atoms with Gasteiger partial charge >= 0.3 is 0 Å². The van der Waals surface area contributed by atoms with E-state index >= 15 is 0 Å². The predicted molar refractivity (Wildman–Crippen MR) is 48.3 cm³/mol. The number of rotatable bonds is 2. The van der Waals surface area contributed by atoms with Crippen molar-refractivity contribution < 1.29 is 4.39 Å². The molecule has 1 nitrogen and oxygen atoms in total. The highest BCUT2D eigenvalue weighted by Gasteiger charge is 2.06. The highest BCUT2D eigenvalue weighted by molar-refractivity contribution is 6.30. The Labute approximate surface area is 76.3 Å². The molecule has 1 unspecified atom stereocenters. The summed E-state index contributed by atoms with van der Waals surface area (Å²) in [5.74, 6) is -0.432. The zero-order valence-corrected chi connectivity index (χ0v) is 7.31. The topological polar surface area (TPSA) is 26.0 Å². The van der Waals surface area contributed by atoms with Crippen molar-refractivity contribution in [3.05, 3.63) is 41.5 Å². The summed E-state index contributed by atoms with van der Waals surface area (Å²) >= 11 is 5.50. The van der Waals surface area contributed by atoms with Crippen LogP contribution in [0.5, 0.6) is 0 Å². The van der Waals surface area contributed by atoms with E-state index in [0.29, 0.717) is 6.42 Å². The fraction of sp³-hybridized carbons (Fsp3) is 0.222. The van der Waals surface area contributed by atoms with Gasteiger partial charge in [-0.3, -0.25) is 0 Å². The summed E-state index contributed by atoms with van der Waals surface area (Å²) in [5.41, 5.74) is 6.37. The van der Waals surface area contributed by atoms with Crippen molar-refractivity contribution >= 4 is 11.6 Å². The first kappa shape index (κ1) is 9.49. The summed E-state index contributed by atoms with van der Waals surface area (Å²) in [7, 11) is 0. The van der Waals surface area contributed by atoms with Gasteiger partial charge in [0.2, 0.25) is 0 Å². The predicted octanol–water partition coefficient (Wildman–Crippen LogP) is 2.70. The first-order valence-corrected chi connectivity index (χ1v) is 4.02. The maximum absolute atomic E-state index is 12.9. The van der Waals surface area contributed by atoms with E-state index in [2.05, 4.69) is 6.92 Å². The summed E-state index contributed by atoms with van der Waals surface area (Å²) < 4.78 is 12.9. The zero-order chi connectivity index (χ0) is 9.14. The van der Waals surface area contributed by atoms with E-state index in [1.807, 2.05) is 0 Å². The van der Waals surface area contributed by atoms with E-state index in [-0.39, 0.29) is 11.1 Å². The fourth-order valence-electron chi connectivity index (χ4n) is 0.910. The van der Waals surface area contributed by atoms with E-state index in [1.54, 1.807) is 6.07 Å². The van der Waals surface area contributed by atoms with Gasteiger partial charge in [0.15, 0.2) is 0 Å². The monoisotopic (exact) mass is 186 g/mol. The summed E-state index contributed by atoms with van der Waals surface area (Å²) in [6.45, 7) is 3.63. The van der Waals surface area contributed by atoms with Gasteiger partial charge in [-0.05, 0) is 24.1 Å². The van der Waals surface area contributed by atoms with Crippen molar-refractivity contribution in [2.45, 2.75) is 12.5 Å². The molecule has 0 saturated carbocycles. The average Bonchev–Trinajstić information content (AvgIpc) is 2.08. The quantitative estimate of drug-likeness (QED) is 0.755. The lowest BCUT2D eigenvalue weighted by molar-refractivity contribution is 0.620. The Hall–Kier alpha value is -0.600. The molecule has 0 saturated heterocycles. The molecule has 0 aliphatic carbocycles. The van der Waals surface area contributed by atoms with E-state index in [1.165, 1.54) is 12.1 Å². The molecule has 0 aliphatic heterocycles. The van der Waals surface area contributed by atoms with Gasteiger partial charge in [-0.1, -0.05) is 24.6 Å². The maximum Gasteiger partial charge on any atom is 0.142 e. The molecule has 0 fully saturated rings. The third-order valence-corrected chi connectivity index (χ3v) is 1.99. The molecular weight excluding hydrogens is 177 g/mol. The third kappa shape index (κ3) is 1.96. The Balaban J connectivity index is 2.96. The molecule has 65 valence electrons. The molecule has 0 bridgehead atoms. The van der Waals surface area contributed by atoms with Crippen LogP contribution in [0.3, 0.4) is 0 Å². The molecule has 1 rings (SSSR count). The second-order valence-corrected chi connectivity index (χ2v) is 2.98. The lowest BCUT2D eigenvalue weighted by atomic mass is 10.1.